The van der Waals surface area contributed by atoms with Gasteiger partial charge < -0.3 is 15.5 Å². The molecule has 0 fully saturated rings. The normalized spacial score (nSPS) is 11.6. The number of rotatable bonds is 3. The number of nitrogens with two attached hydrogens (primary N) is 1. The Morgan fingerprint density at radius 3 is 2.50 bits per heavy atom. The Kier molecular flexibility index (Phi) is 4.13. The number of H-pyrrole nitrogens is 1. The van der Waals surface area contributed by atoms with Crippen molar-refractivity contribution >= 4 is 57.6 Å². The highest BCUT2D eigenvalue weighted by atomic mass is 35.6. The number of benzene rings is 1. The smallest absolute Gasteiger partial charge is 0.364 e. The zero-order valence-corrected chi connectivity index (χ0v) is 12.2. The van der Waals surface area contributed by atoms with Gasteiger partial charge in [-0.05, 0) is 12.1 Å². The van der Waals surface area contributed by atoms with Crippen LogP contribution in [0.4, 0.5) is 0 Å². The van der Waals surface area contributed by atoms with Gasteiger partial charge in [0.05, 0.1) is 12.1 Å². The van der Waals surface area contributed by atoms with Crippen molar-refractivity contribution in [3.63, 3.8) is 0 Å². The number of aromatic nitrogens is 1. The molecular weight excluding hydrogens is 327 g/mol. The second-order valence-electron chi connectivity index (χ2n) is 4.01. The number of carbonyl (C=O) groups is 2. The highest BCUT2D eigenvalue weighted by molar-refractivity contribution is 6.75. The zero-order chi connectivity index (χ0) is 14.9. The molecule has 2 aromatic rings. The molecule has 0 aliphatic carbocycles. The Bertz CT molecular complexity index is 676. The molecule has 0 saturated heterocycles. The second-order valence-corrected chi connectivity index (χ2v) is 6.29. The molecule has 0 aliphatic rings. The summed E-state index contributed by atoms with van der Waals surface area (Å²) in [7, 11) is 0. The fraction of sp³-hybridized carbons (Fsp3) is 0.167. The maximum atomic E-state index is 11.7. The molecule has 106 valence electrons. The van der Waals surface area contributed by atoms with Crippen LogP contribution in [0.25, 0.3) is 10.9 Å². The first-order valence-corrected chi connectivity index (χ1v) is 6.59. The number of alkyl halides is 3. The first-order chi connectivity index (χ1) is 9.29. The van der Waals surface area contributed by atoms with Crippen LogP contribution >= 0.6 is 34.8 Å². The third kappa shape index (κ3) is 3.17. The van der Waals surface area contributed by atoms with Crippen LogP contribution in [-0.2, 0) is 16.0 Å². The number of ether oxygens (including phenoxy) is 1. The van der Waals surface area contributed by atoms with Crippen LogP contribution in [0.1, 0.15) is 5.69 Å². The number of aromatic amines is 1. The standard InChI is InChI=1S/C12H9Cl3N2O3/c13-12(14,15)11(19)20-10-6-3-1-2-4-7(6)17-8(10)5-9(16)18/h1-4,17H,5H2,(H2,16,18). The average molecular weight is 336 g/mol. The molecule has 3 N–H and O–H groups in total. The molecule has 1 heterocycles. The zero-order valence-electron chi connectivity index (χ0n) is 9.95. The van der Waals surface area contributed by atoms with E-state index in [-0.39, 0.29) is 12.2 Å². The van der Waals surface area contributed by atoms with Gasteiger partial charge in [0, 0.05) is 10.9 Å². The monoisotopic (exact) mass is 334 g/mol. The number of nitrogens with one attached hydrogen (secondary N) is 1. The Balaban J connectivity index is 2.48. The van der Waals surface area contributed by atoms with E-state index < -0.39 is 15.7 Å². The second kappa shape index (κ2) is 5.52. The molecule has 1 aromatic carbocycles. The molecule has 5 nitrogen and oxygen atoms in total. The van der Waals surface area contributed by atoms with Crippen molar-refractivity contribution in [1.82, 2.24) is 4.98 Å². The molecule has 0 unspecified atom stereocenters. The van der Waals surface area contributed by atoms with Gasteiger partial charge in [-0.2, -0.15) is 0 Å². The summed E-state index contributed by atoms with van der Waals surface area (Å²) in [6, 6.07) is 6.99. The largest absolute Gasteiger partial charge is 0.421 e. The molecule has 0 radical (unpaired) electrons. The van der Waals surface area contributed by atoms with Gasteiger partial charge in [0.1, 0.15) is 0 Å². The molecule has 0 bridgehead atoms. The van der Waals surface area contributed by atoms with E-state index in [4.69, 9.17) is 45.3 Å². The molecular formula is C12H9Cl3N2O3. The van der Waals surface area contributed by atoms with Crippen molar-refractivity contribution < 1.29 is 14.3 Å². The number of para-hydroxylation sites is 1. The summed E-state index contributed by atoms with van der Waals surface area (Å²) in [5, 5.41) is 0.589. The van der Waals surface area contributed by atoms with Gasteiger partial charge in [-0.3, -0.25) is 4.79 Å². The molecule has 1 amide bonds. The molecule has 20 heavy (non-hydrogen) atoms. The Morgan fingerprint density at radius 1 is 1.25 bits per heavy atom. The third-order valence-electron chi connectivity index (χ3n) is 2.51. The van der Waals surface area contributed by atoms with Crippen LogP contribution < -0.4 is 10.5 Å². The minimum absolute atomic E-state index is 0.128. The van der Waals surface area contributed by atoms with Gasteiger partial charge in [-0.25, -0.2) is 4.79 Å². The highest BCUT2D eigenvalue weighted by Gasteiger charge is 2.34. The number of hydrogen-bond acceptors (Lipinski definition) is 3. The van der Waals surface area contributed by atoms with Crippen LogP contribution in [0.2, 0.25) is 0 Å². The lowest BCUT2D eigenvalue weighted by Crippen LogP contribution is -2.25. The minimum atomic E-state index is -2.21. The van der Waals surface area contributed by atoms with Gasteiger partial charge in [-0.15, -0.1) is 0 Å². The fourth-order valence-corrected chi connectivity index (χ4v) is 1.85. The number of hydrogen-bond donors (Lipinski definition) is 2. The molecule has 0 aliphatic heterocycles. The fourth-order valence-electron chi connectivity index (χ4n) is 1.74. The number of amides is 1. The number of carbonyl (C=O) groups excluding carboxylic acids is 2. The molecule has 8 heteroatoms. The lowest BCUT2D eigenvalue weighted by molar-refractivity contribution is -0.133. The van der Waals surface area contributed by atoms with Crippen LogP contribution in [0.5, 0.6) is 5.75 Å². The first kappa shape index (κ1) is 15.0. The number of esters is 1. The Labute approximate surface area is 128 Å². The Hall–Kier alpha value is -1.43. The summed E-state index contributed by atoms with van der Waals surface area (Å²) >= 11 is 16.4. The molecule has 0 spiro atoms. The van der Waals surface area contributed by atoms with Gasteiger partial charge in [0.15, 0.2) is 5.75 Å². The molecule has 1 aromatic heterocycles. The highest BCUT2D eigenvalue weighted by Crippen LogP contribution is 2.34. The maximum absolute atomic E-state index is 11.7. The summed E-state index contributed by atoms with van der Waals surface area (Å²) in [4.78, 5) is 25.7. The van der Waals surface area contributed by atoms with Gasteiger partial charge >= 0.3 is 5.97 Å². The van der Waals surface area contributed by atoms with E-state index in [0.717, 1.165) is 0 Å². The molecule has 0 atom stereocenters. The van der Waals surface area contributed by atoms with E-state index >= 15 is 0 Å². The Morgan fingerprint density at radius 2 is 1.90 bits per heavy atom. The third-order valence-corrected chi connectivity index (χ3v) is 2.97. The number of halogens is 3. The summed E-state index contributed by atoms with van der Waals surface area (Å²) in [5.74, 6) is -1.50. The topological polar surface area (TPSA) is 85.2 Å². The quantitative estimate of drug-likeness (QED) is 0.667. The van der Waals surface area contributed by atoms with Crippen LogP contribution in [0.3, 0.4) is 0 Å². The van der Waals surface area contributed by atoms with E-state index in [1.165, 1.54) is 0 Å². The van der Waals surface area contributed by atoms with Gasteiger partial charge in [0.25, 0.3) is 3.79 Å². The van der Waals surface area contributed by atoms with Crippen molar-refractivity contribution in [1.29, 1.82) is 0 Å². The number of fused-ring (bicyclic) bond motifs is 1. The van der Waals surface area contributed by atoms with Crippen molar-refractivity contribution in [2.45, 2.75) is 10.2 Å². The van der Waals surface area contributed by atoms with Crippen molar-refractivity contribution in [3.8, 4) is 5.75 Å². The predicted molar refractivity (Wildman–Crippen MR) is 77.1 cm³/mol. The van der Waals surface area contributed by atoms with Crippen molar-refractivity contribution in [3.05, 3.63) is 30.0 Å². The van der Waals surface area contributed by atoms with Crippen LogP contribution in [-0.4, -0.2) is 20.7 Å². The van der Waals surface area contributed by atoms with Crippen LogP contribution in [0, 0.1) is 0 Å². The SMILES string of the molecule is NC(=O)Cc1[nH]c2ccccc2c1OC(=O)C(Cl)(Cl)Cl. The van der Waals surface area contributed by atoms with E-state index in [1.54, 1.807) is 24.3 Å². The van der Waals surface area contributed by atoms with Gasteiger partial charge in [-0.1, -0.05) is 46.9 Å². The molecule has 0 saturated carbocycles. The first-order valence-electron chi connectivity index (χ1n) is 5.46. The van der Waals surface area contributed by atoms with E-state index in [9.17, 15) is 9.59 Å². The molecule has 2 rings (SSSR count). The number of primary amides is 1. The average Bonchev–Trinajstić information content (AvgIpc) is 2.65. The lowest BCUT2D eigenvalue weighted by Gasteiger charge is -2.10. The predicted octanol–water partition coefficient (Wildman–Crippen LogP) is 2.47. The summed E-state index contributed by atoms with van der Waals surface area (Å²) in [5.41, 5.74) is 6.18. The summed E-state index contributed by atoms with van der Waals surface area (Å²) in [6.45, 7) is 0. The van der Waals surface area contributed by atoms with E-state index in [0.29, 0.717) is 16.6 Å². The summed E-state index contributed by atoms with van der Waals surface area (Å²) < 4.78 is 2.88. The van der Waals surface area contributed by atoms with E-state index in [1.807, 2.05) is 0 Å². The van der Waals surface area contributed by atoms with Crippen LogP contribution in [0.15, 0.2) is 24.3 Å². The van der Waals surface area contributed by atoms with E-state index in [2.05, 4.69) is 4.98 Å². The summed E-state index contributed by atoms with van der Waals surface area (Å²) in [6.07, 6.45) is -0.128. The van der Waals surface area contributed by atoms with Crippen molar-refractivity contribution in [2.75, 3.05) is 0 Å². The lowest BCUT2D eigenvalue weighted by atomic mass is 10.2. The van der Waals surface area contributed by atoms with Gasteiger partial charge in [0.2, 0.25) is 5.91 Å². The minimum Gasteiger partial charge on any atom is -0.421 e. The maximum Gasteiger partial charge on any atom is 0.364 e. The van der Waals surface area contributed by atoms with Crippen molar-refractivity contribution in [2.24, 2.45) is 5.73 Å².